The van der Waals surface area contributed by atoms with Crippen molar-refractivity contribution in [2.45, 2.75) is 12.3 Å². The lowest BCUT2D eigenvalue weighted by atomic mass is 10.1. The van der Waals surface area contributed by atoms with Gasteiger partial charge < -0.3 is 20.9 Å². The summed E-state index contributed by atoms with van der Waals surface area (Å²) < 4.78 is 40.2. The quantitative estimate of drug-likeness (QED) is 0.642. The van der Waals surface area contributed by atoms with E-state index in [1.165, 1.54) is 0 Å². The fraction of sp³-hybridized carbons (Fsp3) is 0.357. The van der Waals surface area contributed by atoms with Crippen LogP contribution in [0.4, 0.5) is 24.9 Å². The highest BCUT2D eigenvalue weighted by Gasteiger charge is 2.27. The lowest BCUT2D eigenvalue weighted by Crippen LogP contribution is -2.28. The third kappa shape index (κ3) is 5.84. The summed E-state index contributed by atoms with van der Waals surface area (Å²) in [6.45, 7) is -2.11. The fourth-order valence-corrected chi connectivity index (χ4v) is 2.26. The SMILES string of the molecule is Nc1nc(NCC(O)COCC(F)(F)F)nnc1-c1cccc(Cl)c1Cl. The number of halogens is 5. The van der Waals surface area contributed by atoms with Crippen LogP contribution in [-0.4, -0.2) is 52.3 Å². The summed E-state index contributed by atoms with van der Waals surface area (Å²) in [5.41, 5.74) is 6.51. The van der Waals surface area contributed by atoms with Crippen molar-refractivity contribution in [3.05, 3.63) is 28.2 Å². The number of hydrogen-bond donors (Lipinski definition) is 3. The molecule has 0 saturated carbocycles. The van der Waals surface area contributed by atoms with Crippen LogP contribution in [0.5, 0.6) is 0 Å². The summed E-state index contributed by atoms with van der Waals surface area (Å²) in [4.78, 5) is 3.97. The number of alkyl halides is 3. The Balaban J connectivity index is 1.96. The van der Waals surface area contributed by atoms with Crippen molar-refractivity contribution in [3.63, 3.8) is 0 Å². The Labute approximate surface area is 156 Å². The van der Waals surface area contributed by atoms with E-state index < -0.39 is 25.5 Å². The van der Waals surface area contributed by atoms with Crippen LogP contribution in [-0.2, 0) is 4.74 Å². The zero-order chi connectivity index (χ0) is 19.3. The number of nitrogens with two attached hydrogens (primary N) is 1. The van der Waals surface area contributed by atoms with Gasteiger partial charge in [-0.05, 0) is 6.07 Å². The maximum Gasteiger partial charge on any atom is 0.411 e. The van der Waals surface area contributed by atoms with Gasteiger partial charge in [0.2, 0.25) is 5.95 Å². The van der Waals surface area contributed by atoms with Crippen LogP contribution in [0.25, 0.3) is 11.3 Å². The molecule has 4 N–H and O–H groups in total. The zero-order valence-corrected chi connectivity index (χ0v) is 14.6. The number of benzene rings is 1. The Morgan fingerprint density at radius 2 is 2.00 bits per heavy atom. The van der Waals surface area contributed by atoms with E-state index in [9.17, 15) is 18.3 Å². The van der Waals surface area contributed by atoms with Crippen molar-refractivity contribution in [1.82, 2.24) is 15.2 Å². The Bertz CT molecular complexity index is 764. The van der Waals surface area contributed by atoms with E-state index in [2.05, 4.69) is 25.2 Å². The maximum atomic E-state index is 12.0. The van der Waals surface area contributed by atoms with E-state index >= 15 is 0 Å². The number of nitrogens with zero attached hydrogens (tertiary/aromatic N) is 3. The first-order chi connectivity index (χ1) is 12.2. The molecular formula is C14H14Cl2F3N5O2. The minimum atomic E-state index is -4.45. The first kappa shape index (κ1) is 20.4. The largest absolute Gasteiger partial charge is 0.411 e. The molecule has 2 rings (SSSR count). The molecule has 0 saturated heterocycles. The summed E-state index contributed by atoms with van der Waals surface area (Å²) >= 11 is 12.0. The molecule has 26 heavy (non-hydrogen) atoms. The van der Waals surface area contributed by atoms with Crippen LogP contribution in [0.2, 0.25) is 10.0 Å². The van der Waals surface area contributed by atoms with Gasteiger partial charge in [0.15, 0.2) is 5.82 Å². The summed E-state index contributed by atoms with van der Waals surface area (Å²) in [5.74, 6) is -0.00579. The number of nitrogen functional groups attached to an aromatic ring is 1. The van der Waals surface area contributed by atoms with Gasteiger partial charge in [0.1, 0.15) is 12.3 Å². The number of aliphatic hydroxyl groups is 1. The van der Waals surface area contributed by atoms with Crippen LogP contribution in [0.3, 0.4) is 0 Å². The molecule has 1 aromatic heterocycles. The number of hydrogen-bond acceptors (Lipinski definition) is 7. The normalized spacial score (nSPS) is 12.8. The third-order valence-corrected chi connectivity index (χ3v) is 3.81. The van der Waals surface area contributed by atoms with Gasteiger partial charge in [0, 0.05) is 12.1 Å². The molecule has 0 radical (unpaired) electrons. The summed E-state index contributed by atoms with van der Waals surface area (Å²) in [5, 5.41) is 20.5. The first-order valence-corrected chi connectivity index (χ1v) is 7.94. The Kier molecular flexibility index (Phi) is 6.81. The fourth-order valence-electron chi connectivity index (χ4n) is 1.87. The Morgan fingerprint density at radius 1 is 1.27 bits per heavy atom. The molecule has 142 valence electrons. The molecule has 0 amide bonds. The van der Waals surface area contributed by atoms with Gasteiger partial charge in [-0.2, -0.15) is 18.2 Å². The summed E-state index contributed by atoms with van der Waals surface area (Å²) in [6, 6.07) is 4.90. The minimum absolute atomic E-state index is 0.00878. The summed E-state index contributed by atoms with van der Waals surface area (Å²) in [6.07, 6.45) is -5.66. The first-order valence-electron chi connectivity index (χ1n) is 7.18. The van der Waals surface area contributed by atoms with Gasteiger partial charge >= 0.3 is 6.18 Å². The van der Waals surface area contributed by atoms with Crippen molar-refractivity contribution in [2.75, 3.05) is 30.8 Å². The van der Waals surface area contributed by atoms with Crippen molar-refractivity contribution in [1.29, 1.82) is 0 Å². The average Bonchev–Trinajstić information content (AvgIpc) is 2.55. The van der Waals surface area contributed by atoms with Gasteiger partial charge in [-0.3, -0.25) is 0 Å². The standard InChI is InChI=1S/C14H14Cl2F3N5O2/c15-9-3-1-2-8(10(9)16)11-12(20)22-13(24-23-11)21-4-7(25)5-26-6-14(17,18)19/h1-3,7,25H,4-6H2,(H3,20,21,22,24). The molecule has 1 unspecified atom stereocenters. The molecule has 0 spiro atoms. The van der Waals surface area contributed by atoms with E-state index in [4.69, 9.17) is 28.9 Å². The lowest BCUT2D eigenvalue weighted by molar-refractivity contribution is -0.178. The van der Waals surface area contributed by atoms with E-state index in [0.717, 1.165) is 0 Å². The molecule has 0 fully saturated rings. The monoisotopic (exact) mass is 411 g/mol. The van der Waals surface area contributed by atoms with Crippen LogP contribution in [0, 0.1) is 0 Å². The highest BCUT2D eigenvalue weighted by molar-refractivity contribution is 6.43. The molecular weight excluding hydrogens is 398 g/mol. The molecule has 1 atom stereocenters. The second kappa shape index (κ2) is 8.67. The second-order valence-electron chi connectivity index (χ2n) is 5.14. The molecule has 0 bridgehead atoms. The topological polar surface area (TPSA) is 106 Å². The number of ether oxygens (including phenoxy) is 1. The average molecular weight is 412 g/mol. The van der Waals surface area contributed by atoms with E-state index in [1.54, 1.807) is 18.2 Å². The number of rotatable bonds is 7. The lowest BCUT2D eigenvalue weighted by Gasteiger charge is -2.14. The Morgan fingerprint density at radius 3 is 2.65 bits per heavy atom. The van der Waals surface area contributed by atoms with Crippen LogP contribution < -0.4 is 11.1 Å². The van der Waals surface area contributed by atoms with Gasteiger partial charge in [-0.15, -0.1) is 10.2 Å². The van der Waals surface area contributed by atoms with Gasteiger partial charge in [-0.1, -0.05) is 35.3 Å². The zero-order valence-electron chi connectivity index (χ0n) is 13.1. The minimum Gasteiger partial charge on any atom is -0.389 e. The highest BCUT2D eigenvalue weighted by atomic mass is 35.5. The molecule has 12 heteroatoms. The molecule has 0 aliphatic rings. The van der Waals surface area contributed by atoms with Crippen molar-refractivity contribution in [3.8, 4) is 11.3 Å². The second-order valence-corrected chi connectivity index (χ2v) is 5.92. The molecule has 2 aromatic rings. The summed E-state index contributed by atoms with van der Waals surface area (Å²) in [7, 11) is 0. The van der Waals surface area contributed by atoms with E-state index in [0.29, 0.717) is 10.6 Å². The predicted molar refractivity (Wildman–Crippen MR) is 91.1 cm³/mol. The van der Waals surface area contributed by atoms with Crippen molar-refractivity contribution < 1.29 is 23.0 Å². The van der Waals surface area contributed by atoms with Gasteiger partial charge in [0.25, 0.3) is 0 Å². The van der Waals surface area contributed by atoms with Gasteiger partial charge in [0.05, 0.1) is 22.8 Å². The van der Waals surface area contributed by atoms with E-state index in [1.807, 2.05) is 0 Å². The molecule has 1 heterocycles. The maximum absolute atomic E-state index is 12.0. The van der Waals surface area contributed by atoms with Crippen LogP contribution in [0.15, 0.2) is 18.2 Å². The van der Waals surface area contributed by atoms with Crippen LogP contribution >= 0.6 is 23.2 Å². The predicted octanol–water partition coefficient (Wildman–Crippen LogP) is 2.78. The molecule has 0 aliphatic carbocycles. The Hall–Kier alpha value is -1.88. The van der Waals surface area contributed by atoms with Crippen molar-refractivity contribution in [2.24, 2.45) is 0 Å². The smallest absolute Gasteiger partial charge is 0.389 e. The molecule has 0 aliphatic heterocycles. The molecule has 7 nitrogen and oxygen atoms in total. The number of nitrogens with one attached hydrogen (secondary N) is 1. The van der Waals surface area contributed by atoms with Gasteiger partial charge in [-0.25, -0.2) is 0 Å². The number of anilines is 2. The number of aliphatic hydroxyl groups excluding tert-OH is 1. The highest BCUT2D eigenvalue weighted by Crippen LogP contribution is 2.34. The third-order valence-electron chi connectivity index (χ3n) is 2.99. The van der Waals surface area contributed by atoms with E-state index in [-0.39, 0.29) is 29.0 Å². The van der Waals surface area contributed by atoms with Crippen molar-refractivity contribution >= 4 is 35.0 Å². The number of aromatic nitrogens is 3. The van der Waals surface area contributed by atoms with Crippen LogP contribution in [0.1, 0.15) is 0 Å². The molecule has 1 aromatic carbocycles.